The van der Waals surface area contributed by atoms with Gasteiger partial charge in [0.15, 0.2) is 0 Å². The molecule has 1 atom stereocenters. The first kappa shape index (κ1) is 23.0. The number of nitrogens with zero attached hydrogens (tertiary/aromatic N) is 2. The van der Waals surface area contributed by atoms with Crippen molar-refractivity contribution in [3.8, 4) is 0 Å². The van der Waals surface area contributed by atoms with Crippen molar-refractivity contribution in [1.29, 1.82) is 0 Å². The standard InChI is InChI=1S/C31H25FN2O3/c32-26-13-4-3-11-25(26)28-27(29(35)24-12-7-9-20-8-1-2-10-23(20)24)30(36)31(37)34(28)22-16-14-21(15-17-22)33-18-5-6-19-33/h1-4,7-17,28,35H,5-6,18-19H2/b29-27+. The Morgan fingerprint density at radius 2 is 1.43 bits per heavy atom. The Bertz CT molecular complexity index is 1550. The first-order chi connectivity index (χ1) is 18.0. The van der Waals surface area contributed by atoms with E-state index in [9.17, 15) is 14.7 Å². The van der Waals surface area contributed by atoms with Gasteiger partial charge >= 0.3 is 0 Å². The summed E-state index contributed by atoms with van der Waals surface area (Å²) < 4.78 is 15.2. The lowest BCUT2D eigenvalue weighted by Crippen LogP contribution is -2.30. The summed E-state index contributed by atoms with van der Waals surface area (Å²) in [7, 11) is 0. The van der Waals surface area contributed by atoms with Crippen LogP contribution in [0.3, 0.4) is 0 Å². The quantitative estimate of drug-likeness (QED) is 0.209. The van der Waals surface area contributed by atoms with Crippen molar-refractivity contribution in [3.05, 3.63) is 114 Å². The van der Waals surface area contributed by atoms with Crippen molar-refractivity contribution in [3.63, 3.8) is 0 Å². The molecule has 5 nitrogen and oxygen atoms in total. The molecule has 1 N–H and O–H groups in total. The van der Waals surface area contributed by atoms with Crippen molar-refractivity contribution >= 4 is 39.6 Å². The topological polar surface area (TPSA) is 60.9 Å². The van der Waals surface area contributed by atoms with Gasteiger partial charge in [0.25, 0.3) is 11.7 Å². The second-order valence-corrected chi connectivity index (χ2v) is 9.43. The third-order valence-corrected chi connectivity index (χ3v) is 7.29. The van der Waals surface area contributed by atoms with E-state index in [0.29, 0.717) is 11.3 Å². The minimum Gasteiger partial charge on any atom is -0.507 e. The van der Waals surface area contributed by atoms with E-state index in [1.807, 2.05) is 42.5 Å². The summed E-state index contributed by atoms with van der Waals surface area (Å²) in [4.78, 5) is 30.5. The Labute approximate surface area is 214 Å². The van der Waals surface area contributed by atoms with Gasteiger partial charge in [0.05, 0.1) is 11.6 Å². The third-order valence-electron chi connectivity index (χ3n) is 7.29. The lowest BCUT2D eigenvalue weighted by molar-refractivity contribution is -0.132. The van der Waals surface area contributed by atoms with Crippen LogP contribution in [-0.2, 0) is 9.59 Å². The van der Waals surface area contributed by atoms with Gasteiger partial charge in [-0.05, 0) is 53.9 Å². The molecule has 2 saturated heterocycles. The highest BCUT2D eigenvalue weighted by Crippen LogP contribution is 2.44. The molecule has 0 radical (unpaired) electrons. The number of carbonyl (C=O) groups is 2. The molecular weight excluding hydrogens is 467 g/mol. The van der Waals surface area contributed by atoms with Gasteiger partial charge in [-0.15, -0.1) is 0 Å². The van der Waals surface area contributed by atoms with Crippen LogP contribution in [0.15, 0.2) is 96.6 Å². The van der Waals surface area contributed by atoms with Crippen molar-refractivity contribution < 1.29 is 19.1 Å². The van der Waals surface area contributed by atoms with Crippen LogP contribution in [0.25, 0.3) is 16.5 Å². The molecule has 184 valence electrons. The van der Waals surface area contributed by atoms with E-state index < -0.39 is 23.5 Å². The number of benzene rings is 4. The maximum absolute atomic E-state index is 15.2. The number of carbonyl (C=O) groups excluding carboxylic acids is 2. The average Bonchev–Trinajstić information content (AvgIpc) is 3.56. The van der Waals surface area contributed by atoms with Crippen LogP contribution in [0.2, 0.25) is 0 Å². The van der Waals surface area contributed by atoms with E-state index in [2.05, 4.69) is 4.90 Å². The number of hydrogen-bond acceptors (Lipinski definition) is 4. The van der Waals surface area contributed by atoms with Gasteiger partial charge in [-0.25, -0.2) is 4.39 Å². The number of hydrogen-bond donors (Lipinski definition) is 1. The molecule has 2 fully saturated rings. The fourth-order valence-electron chi connectivity index (χ4n) is 5.47. The monoisotopic (exact) mass is 492 g/mol. The molecule has 6 rings (SSSR count). The molecular formula is C31H25FN2O3. The summed E-state index contributed by atoms with van der Waals surface area (Å²) in [5.74, 6) is -2.53. The van der Waals surface area contributed by atoms with E-state index in [1.54, 1.807) is 42.5 Å². The van der Waals surface area contributed by atoms with Gasteiger partial charge in [0.1, 0.15) is 11.6 Å². The number of ketones is 1. The molecule has 2 heterocycles. The molecule has 6 heteroatoms. The molecule has 4 aromatic rings. The average molecular weight is 493 g/mol. The minimum absolute atomic E-state index is 0.130. The zero-order valence-electron chi connectivity index (χ0n) is 20.1. The van der Waals surface area contributed by atoms with Gasteiger partial charge in [-0.3, -0.25) is 14.5 Å². The molecule has 0 spiro atoms. The fraction of sp³-hybridized carbons (Fsp3) is 0.161. The maximum Gasteiger partial charge on any atom is 0.300 e. The Hall–Kier alpha value is -4.45. The summed E-state index contributed by atoms with van der Waals surface area (Å²) >= 11 is 0. The lowest BCUT2D eigenvalue weighted by Gasteiger charge is -2.26. The molecule has 1 amide bonds. The maximum atomic E-state index is 15.2. The number of aliphatic hydroxyl groups excluding tert-OH is 1. The van der Waals surface area contributed by atoms with Gasteiger partial charge in [-0.1, -0.05) is 60.7 Å². The number of aliphatic hydroxyl groups is 1. The second kappa shape index (κ2) is 9.21. The van der Waals surface area contributed by atoms with E-state index in [-0.39, 0.29) is 16.9 Å². The molecule has 0 aromatic heterocycles. The van der Waals surface area contributed by atoms with Crippen LogP contribution in [0, 0.1) is 5.82 Å². The van der Waals surface area contributed by atoms with Crippen LogP contribution in [-0.4, -0.2) is 29.9 Å². The summed E-state index contributed by atoms with van der Waals surface area (Å²) in [6.07, 6.45) is 2.27. The van der Waals surface area contributed by atoms with Crippen LogP contribution in [0.1, 0.15) is 30.0 Å². The molecule has 0 aliphatic carbocycles. The molecule has 4 aromatic carbocycles. The van der Waals surface area contributed by atoms with Gasteiger partial charge in [0.2, 0.25) is 0 Å². The Morgan fingerprint density at radius 1 is 0.784 bits per heavy atom. The zero-order chi connectivity index (χ0) is 25.5. The lowest BCUT2D eigenvalue weighted by atomic mass is 9.93. The van der Waals surface area contributed by atoms with E-state index >= 15 is 4.39 Å². The third kappa shape index (κ3) is 3.85. The van der Waals surface area contributed by atoms with Crippen molar-refractivity contribution in [2.45, 2.75) is 18.9 Å². The number of anilines is 2. The number of amides is 1. The number of halogens is 1. The molecule has 0 bridgehead atoms. The first-order valence-electron chi connectivity index (χ1n) is 12.4. The highest BCUT2D eigenvalue weighted by atomic mass is 19.1. The van der Waals surface area contributed by atoms with Crippen LogP contribution < -0.4 is 9.80 Å². The highest BCUT2D eigenvalue weighted by molar-refractivity contribution is 6.51. The van der Waals surface area contributed by atoms with Gasteiger partial charge < -0.3 is 10.0 Å². The van der Waals surface area contributed by atoms with Gasteiger partial charge in [-0.2, -0.15) is 0 Å². The molecule has 2 aliphatic heterocycles. The van der Waals surface area contributed by atoms with Crippen molar-refractivity contribution in [2.24, 2.45) is 0 Å². The summed E-state index contributed by atoms with van der Waals surface area (Å²) in [5, 5.41) is 13.1. The molecule has 1 unspecified atom stereocenters. The fourth-order valence-corrected chi connectivity index (χ4v) is 5.47. The Kier molecular flexibility index (Phi) is 5.72. The number of fused-ring (bicyclic) bond motifs is 1. The first-order valence-corrected chi connectivity index (χ1v) is 12.4. The Morgan fingerprint density at radius 3 is 2.19 bits per heavy atom. The highest BCUT2D eigenvalue weighted by Gasteiger charge is 2.48. The van der Waals surface area contributed by atoms with E-state index in [0.717, 1.165) is 42.4 Å². The van der Waals surface area contributed by atoms with E-state index in [1.165, 1.54) is 11.0 Å². The van der Waals surface area contributed by atoms with Crippen LogP contribution in [0.5, 0.6) is 0 Å². The van der Waals surface area contributed by atoms with Gasteiger partial charge in [0, 0.05) is 35.6 Å². The van der Waals surface area contributed by atoms with E-state index in [4.69, 9.17) is 0 Å². The molecule has 0 saturated carbocycles. The molecule has 2 aliphatic rings. The van der Waals surface area contributed by atoms with Crippen molar-refractivity contribution in [2.75, 3.05) is 22.9 Å². The van der Waals surface area contributed by atoms with Crippen LogP contribution in [0.4, 0.5) is 15.8 Å². The summed E-state index contributed by atoms with van der Waals surface area (Å²) in [5.41, 5.74) is 1.94. The summed E-state index contributed by atoms with van der Waals surface area (Å²) in [6.45, 7) is 1.95. The van der Waals surface area contributed by atoms with Crippen molar-refractivity contribution in [1.82, 2.24) is 0 Å². The Balaban J connectivity index is 1.53. The largest absolute Gasteiger partial charge is 0.507 e. The number of Topliss-reactive ketones (excluding diaryl/α,β-unsaturated/α-hetero) is 1. The second-order valence-electron chi connectivity index (χ2n) is 9.43. The predicted molar refractivity (Wildman–Crippen MR) is 143 cm³/mol. The van der Waals surface area contributed by atoms with Crippen LogP contribution >= 0.6 is 0 Å². The minimum atomic E-state index is -1.11. The smallest absolute Gasteiger partial charge is 0.300 e. The summed E-state index contributed by atoms with van der Waals surface area (Å²) in [6, 6.07) is 25.2. The number of rotatable bonds is 4. The predicted octanol–water partition coefficient (Wildman–Crippen LogP) is 6.21. The SMILES string of the molecule is O=C1C(=O)N(c2ccc(N3CCCC3)cc2)C(c2ccccc2F)/C1=C(\O)c1cccc2ccccc12. The normalized spacial score (nSPS) is 19.2. The zero-order valence-corrected chi connectivity index (χ0v) is 20.1. The molecule has 37 heavy (non-hydrogen) atoms.